The Labute approximate surface area is 198 Å². The molecular weight excluding hydrogens is 444 g/mol. The summed E-state index contributed by atoms with van der Waals surface area (Å²) >= 11 is 6.18. The molecule has 0 saturated carbocycles. The number of esters is 1. The molecule has 8 nitrogen and oxygen atoms in total. The first-order valence-electron chi connectivity index (χ1n) is 10.9. The lowest BCUT2D eigenvalue weighted by molar-refractivity contribution is -0.153. The molecule has 2 aromatic rings. The fraction of sp³-hybridized carbons (Fsp3) is 0.375. The van der Waals surface area contributed by atoms with Gasteiger partial charge < -0.3 is 19.3 Å². The van der Waals surface area contributed by atoms with Crippen molar-refractivity contribution in [1.82, 2.24) is 10.2 Å². The minimum Gasteiger partial charge on any atom is -0.497 e. The average Bonchev–Trinajstić information content (AvgIpc) is 2.84. The molecule has 1 fully saturated rings. The number of hydrogen-bond donors (Lipinski definition) is 1. The number of benzene rings is 2. The maximum atomic E-state index is 13.0. The largest absolute Gasteiger partial charge is 0.497 e. The van der Waals surface area contributed by atoms with E-state index in [0.717, 1.165) is 24.5 Å². The maximum absolute atomic E-state index is 13.0. The molecule has 2 unspecified atom stereocenters. The molecule has 2 heterocycles. The fourth-order valence-electron chi connectivity index (χ4n) is 4.13. The summed E-state index contributed by atoms with van der Waals surface area (Å²) in [5.74, 6) is -0.777. The number of carbonyl (C=O) groups excluding carboxylic acids is 2. The van der Waals surface area contributed by atoms with Crippen LogP contribution in [0.5, 0.6) is 5.75 Å². The van der Waals surface area contributed by atoms with Crippen molar-refractivity contribution in [2.45, 2.75) is 13.0 Å². The summed E-state index contributed by atoms with van der Waals surface area (Å²) in [6.45, 7) is 4.79. The van der Waals surface area contributed by atoms with Gasteiger partial charge in [0.15, 0.2) is 5.92 Å². The van der Waals surface area contributed by atoms with Crippen LogP contribution in [0, 0.1) is 5.92 Å². The zero-order valence-corrected chi connectivity index (χ0v) is 19.4. The first-order chi connectivity index (χ1) is 16.0. The van der Waals surface area contributed by atoms with Gasteiger partial charge in [0.05, 0.1) is 13.7 Å². The average molecular weight is 471 g/mol. The van der Waals surface area contributed by atoms with Crippen LogP contribution in [-0.4, -0.2) is 62.6 Å². The van der Waals surface area contributed by atoms with E-state index in [9.17, 15) is 9.59 Å². The zero-order chi connectivity index (χ0) is 23.4. The summed E-state index contributed by atoms with van der Waals surface area (Å²) in [5.41, 5.74) is 1.81. The Morgan fingerprint density at radius 2 is 1.82 bits per heavy atom. The van der Waals surface area contributed by atoms with Gasteiger partial charge in [-0.25, -0.2) is 4.99 Å². The van der Waals surface area contributed by atoms with Crippen LogP contribution in [0.15, 0.2) is 53.5 Å². The van der Waals surface area contributed by atoms with Gasteiger partial charge in [0, 0.05) is 36.9 Å². The van der Waals surface area contributed by atoms with E-state index in [1.54, 1.807) is 32.2 Å². The third-order valence-corrected chi connectivity index (χ3v) is 6.08. The predicted molar refractivity (Wildman–Crippen MR) is 127 cm³/mol. The van der Waals surface area contributed by atoms with Crippen LogP contribution in [0.1, 0.15) is 18.5 Å². The standard InChI is InChI=1S/C24H27ClN4O4/c1-3-33-23(31)20-21(16-5-4-6-17(25)15-16)26-24(27-22(20)30)29-13-11-28(12-14-29)18-7-9-19(32-2)10-8-18/h4-10,15,20-21H,3,11-14H2,1-2H3,(H,26,27,30). The second-order valence-electron chi connectivity index (χ2n) is 7.84. The summed E-state index contributed by atoms with van der Waals surface area (Å²) in [4.78, 5) is 34.7. The highest BCUT2D eigenvalue weighted by Crippen LogP contribution is 2.32. The molecule has 2 atom stereocenters. The summed E-state index contributed by atoms with van der Waals surface area (Å²) in [5, 5.41) is 3.35. The topological polar surface area (TPSA) is 83.5 Å². The van der Waals surface area contributed by atoms with Crippen LogP contribution in [0.2, 0.25) is 5.02 Å². The zero-order valence-electron chi connectivity index (χ0n) is 18.7. The van der Waals surface area contributed by atoms with E-state index in [1.807, 2.05) is 35.2 Å². The molecule has 2 aliphatic rings. The van der Waals surface area contributed by atoms with Crippen molar-refractivity contribution >= 4 is 35.1 Å². The predicted octanol–water partition coefficient (Wildman–Crippen LogP) is 2.88. The number of methoxy groups -OCH3 is 1. The third-order valence-electron chi connectivity index (χ3n) is 5.84. The highest BCUT2D eigenvalue weighted by Gasteiger charge is 2.42. The molecule has 1 saturated heterocycles. The van der Waals surface area contributed by atoms with Gasteiger partial charge in [0.1, 0.15) is 11.8 Å². The second kappa shape index (κ2) is 10.1. The third kappa shape index (κ3) is 5.06. The Balaban J connectivity index is 1.54. The summed E-state index contributed by atoms with van der Waals surface area (Å²) in [7, 11) is 1.65. The lowest BCUT2D eigenvalue weighted by atomic mass is 9.91. The molecule has 0 aromatic heterocycles. The minimum atomic E-state index is -1.06. The van der Waals surface area contributed by atoms with Crippen molar-refractivity contribution in [3.8, 4) is 5.75 Å². The quantitative estimate of drug-likeness (QED) is 0.534. The van der Waals surface area contributed by atoms with Crippen molar-refractivity contribution in [2.24, 2.45) is 10.9 Å². The normalized spacial score (nSPS) is 20.7. The Morgan fingerprint density at radius 1 is 1.12 bits per heavy atom. The van der Waals surface area contributed by atoms with Gasteiger partial charge in [-0.2, -0.15) is 0 Å². The smallest absolute Gasteiger partial charge is 0.321 e. The van der Waals surface area contributed by atoms with Crippen LogP contribution in [0.25, 0.3) is 0 Å². The molecule has 33 heavy (non-hydrogen) atoms. The maximum Gasteiger partial charge on any atom is 0.321 e. The van der Waals surface area contributed by atoms with E-state index in [4.69, 9.17) is 26.1 Å². The lowest BCUT2D eigenvalue weighted by Gasteiger charge is -2.39. The van der Waals surface area contributed by atoms with Crippen molar-refractivity contribution in [2.75, 3.05) is 44.8 Å². The Morgan fingerprint density at radius 3 is 2.45 bits per heavy atom. The lowest BCUT2D eigenvalue weighted by Crippen LogP contribution is -2.57. The molecular formula is C24H27ClN4O4. The van der Waals surface area contributed by atoms with E-state index in [1.165, 1.54) is 0 Å². The number of halogens is 1. The van der Waals surface area contributed by atoms with Crippen molar-refractivity contribution in [3.05, 3.63) is 59.1 Å². The number of rotatable bonds is 5. The molecule has 4 rings (SSSR count). The monoisotopic (exact) mass is 470 g/mol. The molecule has 0 spiro atoms. The van der Waals surface area contributed by atoms with Crippen LogP contribution in [0.4, 0.5) is 5.69 Å². The van der Waals surface area contributed by atoms with Gasteiger partial charge in [-0.3, -0.25) is 14.9 Å². The summed E-state index contributed by atoms with van der Waals surface area (Å²) < 4.78 is 10.4. The van der Waals surface area contributed by atoms with Crippen LogP contribution in [0.3, 0.4) is 0 Å². The SMILES string of the molecule is CCOC(=O)C1C(=O)NC(N2CCN(c3ccc(OC)cc3)CC2)=NC1c1cccc(Cl)c1. The molecule has 1 amide bonds. The van der Waals surface area contributed by atoms with Crippen molar-refractivity contribution < 1.29 is 19.1 Å². The molecule has 9 heteroatoms. The number of amides is 1. The van der Waals surface area contributed by atoms with E-state index in [2.05, 4.69) is 10.2 Å². The number of piperazine rings is 1. The molecule has 174 valence electrons. The molecule has 0 aliphatic carbocycles. The van der Waals surface area contributed by atoms with Gasteiger partial charge in [0.25, 0.3) is 0 Å². The van der Waals surface area contributed by atoms with Gasteiger partial charge in [0.2, 0.25) is 11.9 Å². The number of guanidine groups is 1. The number of hydrogen-bond acceptors (Lipinski definition) is 7. The molecule has 1 N–H and O–H groups in total. The molecule has 0 radical (unpaired) electrons. The highest BCUT2D eigenvalue weighted by molar-refractivity contribution is 6.30. The van der Waals surface area contributed by atoms with Gasteiger partial charge >= 0.3 is 5.97 Å². The van der Waals surface area contributed by atoms with Gasteiger partial charge in [-0.1, -0.05) is 23.7 Å². The number of nitrogens with one attached hydrogen (secondary N) is 1. The highest BCUT2D eigenvalue weighted by atomic mass is 35.5. The van der Waals surface area contributed by atoms with Gasteiger partial charge in [-0.15, -0.1) is 0 Å². The van der Waals surface area contributed by atoms with Crippen LogP contribution in [-0.2, 0) is 14.3 Å². The van der Waals surface area contributed by atoms with Crippen molar-refractivity contribution in [1.29, 1.82) is 0 Å². The molecule has 2 aliphatic heterocycles. The number of ether oxygens (including phenoxy) is 2. The van der Waals surface area contributed by atoms with E-state index in [0.29, 0.717) is 29.6 Å². The van der Waals surface area contributed by atoms with Crippen LogP contribution >= 0.6 is 11.6 Å². The first kappa shape index (κ1) is 22.9. The van der Waals surface area contributed by atoms with E-state index in [-0.39, 0.29) is 6.61 Å². The molecule has 0 bridgehead atoms. The number of aliphatic imine (C=N–C) groups is 1. The van der Waals surface area contributed by atoms with Gasteiger partial charge in [-0.05, 0) is 48.9 Å². The Hall–Kier alpha value is -3.26. The van der Waals surface area contributed by atoms with Crippen LogP contribution < -0.4 is 15.0 Å². The Bertz CT molecular complexity index is 1040. The first-order valence-corrected chi connectivity index (χ1v) is 11.3. The fourth-order valence-corrected chi connectivity index (χ4v) is 4.32. The summed E-state index contributed by atoms with van der Waals surface area (Å²) in [6.07, 6.45) is 0. The summed E-state index contributed by atoms with van der Waals surface area (Å²) in [6, 6.07) is 14.3. The van der Waals surface area contributed by atoms with Crippen molar-refractivity contribution in [3.63, 3.8) is 0 Å². The number of nitrogens with zero attached hydrogens (tertiary/aromatic N) is 3. The minimum absolute atomic E-state index is 0.189. The van der Waals surface area contributed by atoms with E-state index < -0.39 is 23.8 Å². The number of anilines is 1. The Kier molecular flexibility index (Phi) is 7.03. The molecule has 2 aromatic carbocycles. The second-order valence-corrected chi connectivity index (χ2v) is 8.28. The number of carbonyl (C=O) groups is 2. The van der Waals surface area contributed by atoms with E-state index >= 15 is 0 Å².